The summed E-state index contributed by atoms with van der Waals surface area (Å²) in [6.45, 7) is 1.56. The number of β-amino-alcohol motifs (C(OH)–C–C–N with tert-alkyl or cyclic N) is 1. The summed E-state index contributed by atoms with van der Waals surface area (Å²) in [5, 5.41) is 9.99. The first-order chi connectivity index (χ1) is 9.61. The fourth-order valence-corrected chi connectivity index (χ4v) is 2.90. The van der Waals surface area contributed by atoms with Crippen molar-refractivity contribution in [2.45, 2.75) is 25.1 Å². The lowest BCUT2D eigenvalue weighted by molar-refractivity contribution is -0.671. The molecule has 3 rings (SSSR count). The van der Waals surface area contributed by atoms with Crippen molar-refractivity contribution in [3.63, 3.8) is 0 Å². The number of aromatic nitrogens is 2. The molecule has 0 spiro atoms. The summed E-state index contributed by atoms with van der Waals surface area (Å²) in [4.78, 5) is 2.27. The van der Waals surface area contributed by atoms with Gasteiger partial charge < -0.3 is 28.1 Å². The van der Waals surface area contributed by atoms with Gasteiger partial charge >= 0.3 is 0 Å². The molecule has 1 aliphatic rings. The molecule has 2 aromatic rings. The van der Waals surface area contributed by atoms with Gasteiger partial charge in [0.25, 0.3) is 0 Å². The molecule has 2 heterocycles. The summed E-state index contributed by atoms with van der Waals surface area (Å²) in [5.41, 5.74) is 7.63. The molecule has 0 amide bonds. The maximum absolute atomic E-state index is 9.99. The Morgan fingerprint density at radius 3 is 2.67 bits per heavy atom. The molecule has 2 unspecified atom stereocenters. The maximum Gasteiger partial charge on any atom is 0.243 e. The third-order valence-corrected chi connectivity index (χ3v) is 3.86. The quantitative estimate of drug-likeness (QED) is 0.488. The SMILES string of the molecule is C[n+]1ccn(CC2CC(O)CN2c2ccc(N)cc2)c1.[Cl-]. The first-order valence-electron chi connectivity index (χ1n) is 6.93. The number of benzene rings is 1. The van der Waals surface area contributed by atoms with Crippen molar-refractivity contribution in [3.8, 4) is 0 Å². The van der Waals surface area contributed by atoms with E-state index in [1.165, 1.54) is 0 Å². The summed E-state index contributed by atoms with van der Waals surface area (Å²) >= 11 is 0. The van der Waals surface area contributed by atoms with E-state index in [1.54, 1.807) is 0 Å². The Bertz CT molecular complexity index is 584. The van der Waals surface area contributed by atoms with Gasteiger partial charge in [0.2, 0.25) is 6.33 Å². The van der Waals surface area contributed by atoms with Crippen LogP contribution in [0.4, 0.5) is 11.4 Å². The molecule has 1 aromatic heterocycles. The molecule has 21 heavy (non-hydrogen) atoms. The average molecular weight is 309 g/mol. The minimum atomic E-state index is -0.262. The fraction of sp³-hybridized carbons (Fsp3) is 0.400. The second kappa shape index (κ2) is 6.37. The zero-order valence-electron chi connectivity index (χ0n) is 12.1. The van der Waals surface area contributed by atoms with Gasteiger partial charge in [0.05, 0.1) is 19.2 Å². The Hall–Kier alpha value is -1.72. The van der Waals surface area contributed by atoms with Gasteiger partial charge in [-0.1, -0.05) is 0 Å². The van der Waals surface area contributed by atoms with Crippen LogP contribution in [0.5, 0.6) is 0 Å². The molecule has 0 aliphatic carbocycles. The van der Waals surface area contributed by atoms with E-state index < -0.39 is 0 Å². The highest BCUT2D eigenvalue weighted by Gasteiger charge is 2.32. The van der Waals surface area contributed by atoms with E-state index in [0.717, 1.165) is 24.3 Å². The van der Waals surface area contributed by atoms with Gasteiger partial charge in [-0.3, -0.25) is 0 Å². The molecule has 1 aliphatic heterocycles. The molecule has 5 nitrogen and oxygen atoms in total. The monoisotopic (exact) mass is 308 g/mol. The molecular formula is C15H21ClN4O. The van der Waals surface area contributed by atoms with Crippen LogP contribution < -0.4 is 27.6 Å². The highest BCUT2D eigenvalue weighted by atomic mass is 35.5. The molecule has 114 valence electrons. The average Bonchev–Trinajstić information content (AvgIpc) is 2.97. The number of imidazole rings is 1. The summed E-state index contributed by atoms with van der Waals surface area (Å²) in [6, 6.07) is 8.17. The van der Waals surface area contributed by atoms with Gasteiger partial charge in [-0.2, -0.15) is 0 Å². The number of nitrogen functional groups attached to an aromatic ring is 1. The lowest BCUT2D eigenvalue weighted by atomic mass is 10.2. The van der Waals surface area contributed by atoms with E-state index in [0.29, 0.717) is 12.6 Å². The van der Waals surface area contributed by atoms with Crippen molar-refractivity contribution in [2.75, 3.05) is 17.2 Å². The molecule has 1 fully saturated rings. The van der Waals surface area contributed by atoms with Crippen LogP contribution in [-0.2, 0) is 13.6 Å². The zero-order chi connectivity index (χ0) is 14.1. The fourth-order valence-electron chi connectivity index (χ4n) is 2.90. The zero-order valence-corrected chi connectivity index (χ0v) is 12.8. The Kier molecular flexibility index (Phi) is 4.75. The number of hydrogen-bond acceptors (Lipinski definition) is 3. The molecule has 0 saturated carbocycles. The van der Waals surface area contributed by atoms with Gasteiger partial charge in [-0.25, -0.2) is 9.13 Å². The number of aliphatic hydroxyl groups excluding tert-OH is 1. The summed E-state index contributed by atoms with van der Waals surface area (Å²) in [7, 11) is 2.01. The van der Waals surface area contributed by atoms with E-state index in [-0.39, 0.29) is 18.5 Å². The lowest BCUT2D eigenvalue weighted by Gasteiger charge is -2.25. The van der Waals surface area contributed by atoms with Crippen LogP contribution >= 0.6 is 0 Å². The molecule has 1 aromatic carbocycles. The number of aliphatic hydroxyl groups is 1. The number of aryl methyl sites for hydroxylation is 1. The minimum absolute atomic E-state index is 0. The van der Waals surface area contributed by atoms with Crippen LogP contribution in [0.3, 0.4) is 0 Å². The number of rotatable bonds is 3. The highest BCUT2D eigenvalue weighted by molar-refractivity contribution is 5.54. The van der Waals surface area contributed by atoms with Crippen molar-refractivity contribution in [1.82, 2.24) is 4.57 Å². The number of nitrogens with zero attached hydrogens (tertiary/aromatic N) is 3. The van der Waals surface area contributed by atoms with Gasteiger partial charge in [-0.05, 0) is 30.7 Å². The number of halogens is 1. The number of hydrogen-bond donors (Lipinski definition) is 2. The lowest BCUT2D eigenvalue weighted by Crippen LogP contribution is -3.00. The van der Waals surface area contributed by atoms with E-state index in [2.05, 4.69) is 22.0 Å². The molecule has 3 N–H and O–H groups in total. The Morgan fingerprint density at radius 2 is 2.05 bits per heavy atom. The molecule has 6 heteroatoms. The largest absolute Gasteiger partial charge is 1.00 e. The second-order valence-electron chi connectivity index (χ2n) is 5.56. The normalized spacial score (nSPS) is 21.3. The van der Waals surface area contributed by atoms with Crippen LogP contribution in [0.1, 0.15) is 6.42 Å². The van der Waals surface area contributed by atoms with Gasteiger partial charge in [0.1, 0.15) is 18.9 Å². The van der Waals surface area contributed by atoms with Crippen LogP contribution in [0.15, 0.2) is 43.0 Å². The van der Waals surface area contributed by atoms with E-state index in [9.17, 15) is 5.11 Å². The molecular weight excluding hydrogens is 288 g/mol. The van der Waals surface area contributed by atoms with Gasteiger partial charge in [-0.15, -0.1) is 0 Å². The topological polar surface area (TPSA) is 58.3 Å². The van der Waals surface area contributed by atoms with Gasteiger partial charge in [0.15, 0.2) is 0 Å². The van der Waals surface area contributed by atoms with E-state index in [4.69, 9.17) is 5.73 Å². The minimum Gasteiger partial charge on any atom is -1.00 e. The Morgan fingerprint density at radius 1 is 1.33 bits per heavy atom. The number of nitrogens with two attached hydrogens (primary N) is 1. The van der Waals surface area contributed by atoms with Crippen molar-refractivity contribution >= 4 is 11.4 Å². The van der Waals surface area contributed by atoms with Crippen molar-refractivity contribution < 1.29 is 22.1 Å². The maximum atomic E-state index is 9.99. The molecule has 0 bridgehead atoms. The third kappa shape index (κ3) is 3.49. The van der Waals surface area contributed by atoms with Gasteiger partial charge in [0, 0.05) is 17.9 Å². The molecule has 2 atom stereocenters. The number of anilines is 2. The van der Waals surface area contributed by atoms with Crippen LogP contribution in [0.2, 0.25) is 0 Å². The van der Waals surface area contributed by atoms with Crippen molar-refractivity contribution in [3.05, 3.63) is 43.0 Å². The first-order valence-corrected chi connectivity index (χ1v) is 6.93. The van der Waals surface area contributed by atoms with Crippen LogP contribution in [-0.4, -0.2) is 28.4 Å². The van der Waals surface area contributed by atoms with E-state index in [1.807, 2.05) is 42.1 Å². The summed E-state index contributed by atoms with van der Waals surface area (Å²) in [5.74, 6) is 0. The van der Waals surface area contributed by atoms with Crippen LogP contribution in [0.25, 0.3) is 0 Å². The van der Waals surface area contributed by atoms with Crippen molar-refractivity contribution in [1.29, 1.82) is 0 Å². The summed E-state index contributed by atoms with van der Waals surface area (Å²) in [6.07, 6.45) is 6.69. The Balaban J connectivity index is 0.00000161. The standard InChI is InChI=1S/C15H21N4O.ClH/c1-17-6-7-18(11-17)9-14-8-15(20)10-19(14)13-4-2-12(16)3-5-13;/h2-7,11,14-15,20H,8-10,16H2,1H3;1H/q+1;/p-1. The summed E-state index contributed by atoms with van der Waals surface area (Å²) < 4.78 is 4.19. The third-order valence-electron chi connectivity index (χ3n) is 3.86. The van der Waals surface area contributed by atoms with Crippen LogP contribution in [0, 0.1) is 0 Å². The smallest absolute Gasteiger partial charge is 0.243 e. The second-order valence-corrected chi connectivity index (χ2v) is 5.56. The predicted molar refractivity (Wildman–Crippen MR) is 78.2 cm³/mol. The highest BCUT2D eigenvalue weighted by Crippen LogP contribution is 2.27. The Labute approximate surface area is 131 Å². The predicted octanol–water partition coefficient (Wildman–Crippen LogP) is -2.46. The first kappa shape index (κ1) is 15.7. The molecule has 1 saturated heterocycles. The van der Waals surface area contributed by atoms with E-state index >= 15 is 0 Å². The van der Waals surface area contributed by atoms with Crippen molar-refractivity contribution in [2.24, 2.45) is 7.05 Å². The molecule has 0 radical (unpaired) electrons.